The monoisotopic (exact) mass is 241 g/mol. The summed E-state index contributed by atoms with van der Waals surface area (Å²) < 4.78 is 0. The zero-order valence-corrected chi connectivity index (χ0v) is 10.4. The summed E-state index contributed by atoms with van der Waals surface area (Å²) in [6, 6.07) is 8.88. The van der Waals surface area contributed by atoms with Crippen molar-refractivity contribution >= 4 is 17.3 Å². The van der Waals surface area contributed by atoms with Crippen LogP contribution < -0.4 is 10.6 Å². The number of anilines is 2. The molecule has 18 heavy (non-hydrogen) atoms. The Balaban J connectivity index is 2.29. The predicted molar refractivity (Wildman–Crippen MR) is 72.6 cm³/mol. The highest BCUT2D eigenvalue weighted by Gasteiger charge is 2.13. The van der Waals surface area contributed by atoms with E-state index in [0.717, 1.165) is 11.3 Å². The molecule has 0 saturated carbocycles. The van der Waals surface area contributed by atoms with Crippen LogP contribution in [0.2, 0.25) is 0 Å². The molecule has 0 aliphatic carbocycles. The van der Waals surface area contributed by atoms with E-state index >= 15 is 0 Å². The molecule has 1 aromatic heterocycles. The van der Waals surface area contributed by atoms with Gasteiger partial charge >= 0.3 is 0 Å². The van der Waals surface area contributed by atoms with Gasteiger partial charge in [-0.25, -0.2) is 0 Å². The van der Waals surface area contributed by atoms with Crippen LogP contribution in [0.25, 0.3) is 0 Å². The maximum absolute atomic E-state index is 12.3. The van der Waals surface area contributed by atoms with Gasteiger partial charge in [-0.15, -0.1) is 0 Å². The number of amides is 1. The number of rotatable bonds is 2. The molecule has 4 heteroatoms. The van der Waals surface area contributed by atoms with Gasteiger partial charge in [-0.3, -0.25) is 9.78 Å². The van der Waals surface area contributed by atoms with Crippen molar-refractivity contribution in [1.82, 2.24) is 4.98 Å². The Morgan fingerprint density at radius 2 is 1.89 bits per heavy atom. The van der Waals surface area contributed by atoms with Crippen LogP contribution in [0.15, 0.2) is 42.7 Å². The minimum absolute atomic E-state index is 0.0655. The smallest absolute Gasteiger partial charge is 0.258 e. The number of benzene rings is 1. The van der Waals surface area contributed by atoms with Crippen LogP contribution in [-0.2, 0) is 0 Å². The Morgan fingerprint density at radius 3 is 2.50 bits per heavy atom. The maximum Gasteiger partial charge on any atom is 0.258 e. The van der Waals surface area contributed by atoms with Crippen LogP contribution in [0.1, 0.15) is 15.9 Å². The third kappa shape index (κ3) is 2.32. The van der Waals surface area contributed by atoms with Crippen LogP contribution in [0.4, 0.5) is 11.4 Å². The quantitative estimate of drug-likeness (QED) is 0.820. The number of nitrogens with two attached hydrogens (primary N) is 1. The number of aromatic nitrogens is 1. The fraction of sp³-hybridized carbons (Fsp3) is 0.143. The van der Waals surface area contributed by atoms with E-state index in [2.05, 4.69) is 4.98 Å². The van der Waals surface area contributed by atoms with Gasteiger partial charge in [0.15, 0.2) is 0 Å². The summed E-state index contributed by atoms with van der Waals surface area (Å²) in [4.78, 5) is 17.8. The van der Waals surface area contributed by atoms with Gasteiger partial charge in [0.25, 0.3) is 5.91 Å². The van der Waals surface area contributed by atoms with E-state index < -0.39 is 0 Å². The Morgan fingerprint density at radius 1 is 1.22 bits per heavy atom. The van der Waals surface area contributed by atoms with Crippen LogP contribution in [0, 0.1) is 6.92 Å². The van der Waals surface area contributed by atoms with Crippen molar-refractivity contribution in [3.05, 3.63) is 53.9 Å². The predicted octanol–water partition coefficient (Wildman–Crippen LogP) is 2.25. The zero-order valence-electron chi connectivity index (χ0n) is 10.4. The average molecular weight is 241 g/mol. The molecule has 4 nitrogen and oxygen atoms in total. The van der Waals surface area contributed by atoms with Crippen molar-refractivity contribution in [2.24, 2.45) is 0 Å². The molecule has 0 saturated heterocycles. The van der Waals surface area contributed by atoms with Gasteiger partial charge in [-0.2, -0.15) is 0 Å². The summed E-state index contributed by atoms with van der Waals surface area (Å²) >= 11 is 0. The molecule has 1 aromatic carbocycles. The fourth-order valence-corrected chi connectivity index (χ4v) is 1.69. The summed E-state index contributed by atoms with van der Waals surface area (Å²) in [6.45, 7) is 1.89. The van der Waals surface area contributed by atoms with Gasteiger partial charge in [0.2, 0.25) is 0 Å². The summed E-state index contributed by atoms with van der Waals surface area (Å²) in [5.74, 6) is -0.0655. The molecule has 92 valence electrons. The molecule has 0 aliphatic heterocycles. The Bertz CT molecular complexity index is 567. The molecule has 0 unspecified atom stereocenters. The highest BCUT2D eigenvalue weighted by molar-refractivity contribution is 6.06. The summed E-state index contributed by atoms with van der Waals surface area (Å²) in [7, 11) is 1.74. The van der Waals surface area contributed by atoms with E-state index in [1.54, 1.807) is 54.7 Å². The van der Waals surface area contributed by atoms with Crippen molar-refractivity contribution in [3.8, 4) is 0 Å². The minimum Gasteiger partial charge on any atom is -0.399 e. The van der Waals surface area contributed by atoms with Crippen LogP contribution >= 0.6 is 0 Å². The third-order valence-corrected chi connectivity index (χ3v) is 2.87. The van der Waals surface area contributed by atoms with Crippen molar-refractivity contribution in [2.75, 3.05) is 17.7 Å². The summed E-state index contributed by atoms with van der Waals surface area (Å²) in [5, 5.41) is 0. The molecule has 2 N–H and O–H groups in total. The lowest BCUT2D eigenvalue weighted by molar-refractivity contribution is 0.0993. The van der Waals surface area contributed by atoms with Crippen molar-refractivity contribution in [1.29, 1.82) is 0 Å². The first kappa shape index (κ1) is 12.1. The zero-order chi connectivity index (χ0) is 13.1. The van der Waals surface area contributed by atoms with Gasteiger partial charge in [-0.05, 0) is 42.8 Å². The van der Waals surface area contributed by atoms with E-state index in [0.29, 0.717) is 11.3 Å². The fourth-order valence-electron chi connectivity index (χ4n) is 1.69. The van der Waals surface area contributed by atoms with Gasteiger partial charge in [0.1, 0.15) is 0 Å². The van der Waals surface area contributed by atoms with Crippen molar-refractivity contribution < 1.29 is 4.79 Å². The molecule has 0 radical (unpaired) electrons. The average Bonchev–Trinajstić information content (AvgIpc) is 2.41. The first-order valence-corrected chi connectivity index (χ1v) is 5.64. The Labute approximate surface area is 106 Å². The Kier molecular flexibility index (Phi) is 3.28. The highest BCUT2D eigenvalue weighted by atomic mass is 16.2. The van der Waals surface area contributed by atoms with Gasteiger partial charge in [-0.1, -0.05) is 0 Å². The first-order chi connectivity index (χ1) is 8.59. The second kappa shape index (κ2) is 4.87. The van der Waals surface area contributed by atoms with E-state index in [1.807, 2.05) is 6.92 Å². The minimum atomic E-state index is -0.0655. The lowest BCUT2D eigenvalue weighted by Gasteiger charge is -2.17. The van der Waals surface area contributed by atoms with Crippen LogP contribution in [-0.4, -0.2) is 17.9 Å². The number of carbonyl (C=O) groups excluding carboxylic acids is 1. The lowest BCUT2D eigenvalue weighted by atomic mass is 10.1. The summed E-state index contributed by atoms with van der Waals surface area (Å²) in [5.41, 5.74) is 8.78. The second-order valence-electron chi connectivity index (χ2n) is 4.14. The van der Waals surface area contributed by atoms with Crippen molar-refractivity contribution in [3.63, 3.8) is 0 Å². The van der Waals surface area contributed by atoms with Gasteiger partial charge in [0, 0.05) is 36.4 Å². The Hall–Kier alpha value is -2.36. The molecule has 1 heterocycles. The number of hydrogen-bond donors (Lipinski definition) is 1. The standard InChI is InChI=1S/C14H15N3O/c1-10-9-11(3-4-13(10)15)14(18)17(2)12-5-7-16-8-6-12/h3-9H,15H2,1-2H3. The molecule has 0 bridgehead atoms. The van der Waals surface area contributed by atoms with Crippen LogP contribution in [0.5, 0.6) is 0 Å². The van der Waals surface area contributed by atoms with E-state index in [-0.39, 0.29) is 5.91 Å². The first-order valence-electron chi connectivity index (χ1n) is 5.64. The number of hydrogen-bond acceptors (Lipinski definition) is 3. The van der Waals surface area contributed by atoms with Crippen LogP contribution in [0.3, 0.4) is 0 Å². The summed E-state index contributed by atoms with van der Waals surface area (Å²) in [6.07, 6.45) is 3.32. The third-order valence-electron chi connectivity index (χ3n) is 2.87. The number of aryl methyl sites for hydroxylation is 1. The normalized spacial score (nSPS) is 10.1. The number of carbonyl (C=O) groups is 1. The molecular weight excluding hydrogens is 226 g/mol. The SMILES string of the molecule is Cc1cc(C(=O)N(C)c2ccncc2)ccc1N. The lowest BCUT2D eigenvalue weighted by Crippen LogP contribution is -2.26. The molecule has 0 fully saturated rings. The second-order valence-corrected chi connectivity index (χ2v) is 4.14. The van der Waals surface area contributed by atoms with Gasteiger partial charge < -0.3 is 10.6 Å². The van der Waals surface area contributed by atoms with Gasteiger partial charge in [0.05, 0.1) is 0 Å². The molecule has 0 atom stereocenters. The molecule has 0 aliphatic rings. The van der Waals surface area contributed by atoms with Crippen molar-refractivity contribution in [2.45, 2.75) is 6.92 Å². The largest absolute Gasteiger partial charge is 0.399 e. The number of nitrogens with zero attached hydrogens (tertiary/aromatic N) is 2. The van der Waals surface area contributed by atoms with E-state index in [1.165, 1.54) is 0 Å². The molecule has 2 aromatic rings. The van der Waals surface area contributed by atoms with E-state index in [4.69, 9.17) is 5.73 Å². The molecular formula is C14H15N3O. The molecule has 2 rings (SSSR count). The van der Waals surface area contributed by atoms with E-state index in [9.17, 15) is 4.79 Å². The maximum atomic E-state index is 12.3. The molecule has 1 amide bonds. The highest BCUT2D eigenvalue weighted by Crippen LogP contribution is 2.17. The molecule has 0 spiro atoms. The number of pyridine rings is 1. The number of nitrogen functional groups attached to an aromatic ring is 1. The topological polar surface area (TPSA) is 59.2 Å².